The lowest BCUT2D eigenvalue weighted by molar-refractivity contribution is -0.123. The third-order valence-corrected chi connectivity index (χ3v) is 9.53. The molecule has 240 valence electrons. The summed E-state index contributed by atoms with van der Waals surface area (Å²) in [4.78, 5) is 41.4. The summed E-state index contributed by atoms with van der Waals surface area (Å²) in [6.45, 7) is 4.59. The maximum absolute atomic E-state index is 13.5. The molecule has 2 N–H and O–H groups in total. The van der Waals surface area contributed by atoms with Crippen molar-refractivity contribution in [3.05, 3.63) is 92.3 Å². The number of aromatic carboxylic acids is 1. The predicted octanol–water partition coefficient (Wildman–Crippen LogP) is 5.98. The van der Waals surface area contributed by atoms with Crippen molar-refractivity contribution in [2.24, 2.45) is 0 Å². The number of carbonyl (C=O) groups excluding carboxylic acids is 2. The molecule has 0 aromatic heterocycles. The van der Waals surface area contributed by atoms with E-state index in [4.69, 9.17) is 44.9 Å². The third-order valence-electron chi connectivity index (χ3n) is 7.42. The van der Waals surface area contributed by atoms with E-state index in [9.17, 15) is 19.5 Å². The van der Waals surface area contributed by atoms with Gasteiger partial charge in [0.1, 0.15) is 16.7 Å². The molecule has 0 radical (unpaired) electrons. The summed E-state index contributed by atoms with van der Waals surface area (Å²) in [5, 5.41) is 12.8. The third kappa shape index (κ3) is 8.87. The molecular weight excluding hydrogens is 669 g/mol. The van der Waals surface area contributed by atoms with Gasteiger partial charge in [0.2, 0.25) is 5.91 Å². The molecule has 2 amide bonds. The first kappa shape index (κ1) is 33.9. The van der Waals surface area contributed by atoms with E-state index in [1.54, 1.807) is 30.3 Å². The van der Waals surface area contributed by atoms with Gasteiger partial charge in [-0.15, -0.1) is 0 Å². The molecule has 0 saturated carbocycles. The first-order valence-electron chi connectivity index (χ1n) is 14.5. The molecule has 3 aromatic rings. The molecule has 2 aliphatic heterocycles. The number of carboxylic acids is 1. The van der Waals surface area contributed by atoms with Gasteiger partial charge in [0.05, 0.1) is 33.7 Å². The van der Waals surface area contributed by atoms with E-state index in [2.05, 4.69) is 10.2 Å². The Morgan fingerprint density at radius 3 is 2.54 bits per heavy atom. The van der Waals surface area contributed by atoms with Crippen LogP contribution in [0.25, 0.3) is 17.2 Å². The Balaban J connectivity index is 1.27. The smallest absolute Gasteiger partial charge is 0.335 e. The highest BCUT2D eigenvalue weighted by molar-refractivity contribution is 8.26. The molecular formula is C33H31Cl2N3O6S2. The molecule has 9 nitrogen and oxygen atoms in total. The average Bonchev–Trinajstić information content (AvgIpc) is 3.32. The SMILES string of the molecule is O=C(CCN1C(=O)C(=Cc2cc(-c3ccc(Cl)c(Cl)c3)ccc2OCCN2CCOCC2)SC1=S)NCc1cccc(C(=O)O)c1. The highest BCUT2D eigenvalue weighted by atomic mass is 35.5. The Bertz CT molecular complexity index is 1680. The number of carbonyl (C=O) groups is 3. The van der Waals surface area contributed by atoms with Crippen molar-refractivity contribution in [3.8, 4) is 16.9 Å². The van der Waals surface area contributed by atoms with E-state index in [0.29, 0.717) is 56.0 Å². The van der Waals surface area contributed by atoms with Crippen LogP contribution in [-0.4, -0.2) is 83.0 Å². The van der Waals surface area contributed by atoms with E-state index in [-0.39, 0.29) is 36.9 Å². The molecule has 13 heteroatoms. The molecule has 2 fully saturated rings. The van der Waals surface area contributed by atoms with Gasteiger partial charge in [-0.25, -0.2) is 4.79 Å². The molecule has 2 heterocycles. The lowest BCUT2D eigenvalue weighted by Gasteiger charge is -2.26. The largest absolute Gasteiger partial charge is 0.492 e. The fourth-order valence-electron chi connectivity index (χ4n) is 4.91. The van der Waals surface area contributed by atoms with Crippen LogP contribution in [0.15, 0.2) is 65.6 Å². The second-order valence-electron chi connectivity index (χ2n) is 10.5. The van der Waals surface area contributed by atoms with E-state index in [0.717, 1.165) is 30.8 Å². The van der Waals surface area contributed by atoms with Crippen LogP contribution in [0.2, 0.25) is 10.0 Å². The van der Waals surface area contributed by atoms with Crippen molar-refractivity contribution in [2.75, 3.05) is 46.0 Å². The van der Waals surface area contributed by atoms with E-state index in [1.165, 1.54) is 28.8 Å². The van der Waals surface area contributed by atoms with Gasteiger partial charge in [-0.3, -0.25) is 19.4 Å². The van der Waals surface area contributed by atoms with Crippen molar-refractivity contribution in [1.82, 2.24) is 15.1 Å². The van der Waals surface area contributed by atoms with Gasteiger partial charge >= 0.3 is 5.97 Å². The van der Waals surface area contributed by atoms with Gasteiger partial charge in [-0.05, 0) is 59.2 Å². The van der Waals surface area contributed by atoms with Crippen molar-refractivity contribution in [3.63, 3.8) is 0 Å². The Hall–Kier alpha value is -3.45. The summed E-state index contributed by atoms with van der Waals surface area (Å²) in [6, 6.07) is 17.5. The number of morpholine rings is 1. The van der Waals surface area contributed by atoms with Gasteiger partial charge in [0.25, 0.3) is 5.91 Å². The zero-order chi connectivity index (χ0) is 32.6. The Morgan fingerprint density at radius 2 is 1.78 bits per heavy atom. The van der Waals surface area contributed by atoms with Crippen molar-refractivity contribution in [1.29, 1.82) is 0 Å². The number of ether oxygens (including phenoxy) is 2. The molecule has 2 aliphatic rings. The number of hydrogen-bond acceptors (Lipinski definition) is 8. The normalized spacial score (nSPS) is 16.2. The molecule has 0 atom stereocenters. The van der Waals surface area contributed by atoms with Crippen molar-refractivity contribution < 1.29 is 29.0 Å². The zero-order valence-electron chi connectivity index (χ0n) is 24.7. The van der Waals surface area contributed by atoms with E-state index in [1.807, 2.05) is 24.3 Å². The van der Waals surface area contributed by atoms with Gasteiger partial charge in [-0.2, -0.15) is 0 Å². The number of halogens is 2. The fourth-order valence-corrected chi connectivity index (χ4v) is 6.51. The van der Waals surface area contributed by atoms with Gasteiger partial charge in [0.15, 0.2) is 0 Å². The highest BCUT2D eigenvalue weighted by Gasteiger charge is 2.32. The quantitative estimate of drug-likeness (QED) is 0.174. The molecule has 0 bridgehead atoms. The number of thiocarbonyl (C=S) groups is 1. The van der Waals surface area contributed by atoms with Crippen molar-refractivity contribution >= 4 is 75.4 Å². The predicted molar refractivity (Wildman–Crippen MR) is 184 cm³/mol. The summed E-state index contributed by atoms with van der Waals surface area (Å²) in [5.41, 5.74) is 3.23. The maximum atomic E-state index is 13.5. The minimum Gasteiger partial charge on any atom is -0.492 e. The first-order chi connectivity index (χ1) is 22.2. The number of thioether (sulfide) groups is 1. The number of hydrogen-bond donors (Lipinski definition) is 2. The lowest BCUT2D eigenvalue weighted by Crippen LogP contribution is -2.38. The molecule has 2 saturated heterocycles. The summed E-state index contributed by atoms with van der Waals surface area (Å²) < 4.78 is 12.0. The van der Waals surface area contributed by atoms with Crippen LogP contribution in [0.1, 0.15) is 27.9 Å². The van der Waals surface area contributed by atoms with Crippen LogP contribution in [-0.2, 0) is 20.9 Å². The molecule has 0 unspecified atom stereocenters. The molecule has 0 spiro atoms. The van der Waals surface area contributed by atoms with Crippen LogP contribution in [0.5, 0.6) is 5.75 Å². The minimum absolute atomic E-state index is 0.0288. The summed E-state index contributed by atoms with van der Waals surface area (Å²) >= 11 is 19.1. The molecule has 46 heavy (non-hydrogen) atoms. The number of nitrogens with one attached hydrogen (secondary N) is 1. The fraction of sp³-hybridized carbons (Fsp3) is 0.273. The second kappa shape index (κ2) is 15.9. The van der Waals surface area contributed by atoms with Crippen LogP contribution >= 0.6 is 47.2 Å². The van der Waals surface area contributed by atoms with Crippen LogP contribution < -0.4 is 10.1 Å². The first-order valence-corrected chi connectivity index (χ1v) is 16.5. The minimum atomic E-state index is -1.04. The second-order valence-corrected chi connectivity index (χ2v) is 13.0. The van der Waals surface area contributed by atoms with Crippen LogP contribution in [0.3, 0.4) is 0 Å². The number of carboxylic acid groups (broad SMARTS) is 1. The topological polar surface area (TPSA) is 108 Å². The maximum Gasteiger partial charge on any atom is 0.335 e. The molecule has 0 aliphatic carbocycles. The highest BCUT2D eigenvalue weighted by Crippen LogP contribution is 2.37. The number of amides is 2. The zero-order valence-corrected chi connectivity index (χ0v) is 27.8. The monoisotopic (exact) mass is 699 g/mol. The van der Waals surface area contributed by atoms with Crippen LogP contribution in [0.4, 0.5) is 0 Å². The van der Waals surface area contributed by atoms with Crippen molar-refractivity contribution in [2.45, 2.75) is 13.0 Å². The Morgan fingerprint density at radius 1 is 1.02 bits per heavy atom. The van der Waals surface area contributed by atoms with E-state index >= 15 is 0 Å². The number of rotatable bonds is 12. The summed E-state index contributed by atoms with van der Waals surface area (Å²) in [6.07, 6.45) is 1.79. The van der Waals surface area contributed by atoms with Gasteiger partial charge < -0.3 is 19.9 Å². The molecule has 3 aromatic carbocycles. The number of nitrogens with zero attached hydrogens (tertiary/aromatic N) is 2. The van der Waals surface area contributed by atoms with E-state index < -0.39 is 5.97 Å². The number of benzene rings is 3. The van der Waals surface area contributed by atoms with Crippen LogP contribution in [0, 0.1) is 0 Å². The Labute approximate surface area is 286 Å². The summed E-state index contributed by atoms with van der Waals surface area (Å²) in [5.74, 6) is -1.00. The summed E-state index contributed by atoms with van der Waals surface area (Å²) in [7, 11) is 0. The molecule has 5 rings (SSSR count). The average molecular weight is 701 g/mol. The Kier molecular flexibility index (Phi) is 11.7. The van der Waals surface area contributed by atoms with Gasteiger partial charge in [-0.1, -0.05) is 71.4 Å². The van der Waals surface area contributed by atoms with Gasteiger partial charge in [0, 0.05) is 44.7 Å². The lowest BCUT2D eigenvalue weighted by atomic mass is 10.0. The standard InChI is InChI=1S/C33H31Cl2N3O6S2/c34-26-6-4-23(18-27(26)35)22-5-7-28(44-15-12-37-10-13-43-14-11-37)25(17-22)19-29-31(40)38(33(45)46-29)9-8-30(39)36-20-21-2-1-3-24(16-21)32(41)42/h1-7,16-19H,8-15,20H2,(H,36,39)(H,41,42).